The monoisotopic (exact) mass is 253 g/mol. The average Bonchev–Trinajstić information content (AvgIpc) is 2.29. The van der Waals surface area contributed by atoms with Gasteiger partial charge in [-0.2, -0.15) is 5.26 Å². The predicted molar refractivity (Wildman–Crippen MR) is 65.6 cm³/mol. The summed E-state index contributed by atoms with van der Waals surface area (Å²) in [5.41, 5.74) is 0.548. The van der Waals surface area contributed by atoms with Crippen molar-refractivity contribution in [1.29, 1.82) is 5.26 Å². The highest BCUT2D eigenvalue weighted by atomic mass is 32.2. The normalized spacial score (nSPS) is 11.2. The van der Waals surface area contributed by atoms with Gasteiger partial charge in [0.1, 0.15) is 12.4 Å². The molecule has 0 amide bonds. The Balaban J connectivity index is 2.49. The van der Waals surface area contributed by atoms with E-state index in [0.717, 1.165) is 0 Å². The van der Waals surface area contributed by atoms with Crippen molar-refractivity contribution in [2.45, 2.75) is 19.1 Å². The SMILES string of the molecule is CC(C)S(=O)(=O)CCOc1ccc(C#N)cc1. The van der Waals surface area contributed by atoms with Crippen LogP contribution >= 0.6 is 0 Å². The molecule has 0 aromatic heterocycles. The fourth-order valence-electron chi connectivity index (χ4n) is 1.14. The molecule has 1 aromatic rings. The van der Waals surface area contributed by atoms with E-state index in [4.69, 9.17) is 10.00 Å². The van der Waals surface area contributed by atoms with E-state index in [1.165, 1.54) is 0 Å². The lowest BCUT2D eigenvalue weighted by molar-refractivity contribution is 0.340. The summed E-state index contributed by atoms with van der Waals surface area (Å²) in [5, 5.41) is 8.22. The van der Waals surface area contributed by atoms with Crippen molar-refractivity contribution >= 4 is 9.84 Å². The number of nitrogens with zero attached hydrogens (tertiary/aromatic N) is 1. The van der Waals surface area contributed by atoms with Crippen LogP contribution in [0.25, 0.3) is 0 Å². The van der Waals surface area contributed by atoms with Crippen molar-refractivity contribution in [2.24, 2.45) is 0 Å². The summed E-state index contributed by atoms with van der Waals surface area (Å²) in [6.07, 6.45) is 0. The van der Waals surface area contributed by atoms with Crippen LogP contribution in [0.5, 0.6) is 5.75 Å². The Labute approximate surface area is 102 Å². The first-order valence-corrected chi connectivity index (χ1v) is 7.02. The number of nitriles is 1. The molecule has 0 heterocycles. The minimum atomic E-state index is -3.06. The van der Waals surface area contributed by atoms with E-state index in [1.807, 2.05) is 6.07 Å². The molecule has 1 aromatic carbocycles. The molecule has 1 rings (SSSR count). The topological polar surface area (TPSA) is 67.2 Å². The highest BCUT2D eigenvalue weighted by Gasteiger charge is 2.15. The van der Waals surface area contributed by atoms with Crippen LogP contribution in [-0.4, -0.2) is 26.0 Å². The zero-order valence-corrected chi connectivity index (χ0v) is 10.7. The molecule has 0 bridgehead atoms. The molecule has 0 N–H and O–H groups in total. The first kappa shape index (κ1) is 13.5. The number of rotatable bonds is 5. The molecule has 0 unspecified atom stereocenters. The Kier molecular flexibility index (Phi) is 4.53. The Morgan fingerprint density at radius 3 is 2.35 bits per heavy atom. The molecule has 5 heteroatoms. The first-order valence-electron chi connectivity index (χ1n) is 5.30. The average molecular weight is 253 g/mol. The highest BCUT2D eigenvalue weighted by molar-refractivity contribution is 7.91. The molecule has 0 spiro atoms. The van der Waals surface area contributed by atoms with Gasteiger partial charge in [0.05, 0.1) is 22.6 Å². The molecule has 0 aliphatic rings. The second kappa shape index (κ2) is 5.69. The van der Waals surface area contributed by atoms with E-state index in [9.17, 15) is 8.42 Å². The van der Waals surface area contributed by atoms with Gasteiger partial charge in [0.15, 0.2) is 9.84 Å². The number of sulfone groups is 1. The third-order valence-electron chi connectivity index (χ3n) is 2.34. The number of hydrogen-bond donors (Lipinski definition) is 0. The van der Waals surface area contributed by atoms with Crippen LogP contribution in [0, 0.1) is 11.3 Å². The summed E-state index contributed by atoms with van der Waals surface area (Å²) >= 11 is 0. The molecule has 0 atom stereocenters. The van der Waals surface area contributed by atoms with Gasteiger partial charge in [-0.3, -0.25) is 0 Å². The first-order chi connectivity index (χ1) is 7.95. The Morgan fingerprint density at radius 2 is 1.88 bits per heavy atom. The van der Waals surface area contributed by atoms with Crippen LogP contribution in [-0.2, 0) is 9.84 Å². The maximum Gasteiger partial charge on any atom is 0.155 e. The summed E-state index contributed by atoms with van der Waals surface area (Å²) in [7, 11) is -3.06. The molecule has 0 aliphatic carbocycles. The molecule has 0 fully saturated rings. The number of benzene rings is 1. The molecular formula is C12H15NO3S. The largest absolute Gasteiger partial charge is 0.493 e. The molecule has 0 saturated heterocycles. The van der Waals surface area contributed by atoms with E-state index in [1.54, 1.807) is 38.1 Å². The van der Waals surface area contributed by atoms with Crippen molar-refractivity contribution in [3.8, 4) is 11.8 Å². The van der Waals surface area contributed by atoms with Gasteiger partial charge in [-0.1, -0.05) is 0 Å². The van der Waals surface area contributed by atoms with Gasteiger partial charge in [0, 0.05) is 0 Å². The Bertz CT molecular complexity index is 498. The predicted octanol–water partition coefficient (Wildman–Crippen LogP) is 1.76. The van der Waals surface area contributed by atoms with Crippen molar-refractivity contribution < 1.29 is 13.2 Å². The fourth-order valence-corrected chi connectivity index (χ4v) is 1.92. The van der Waals surface area contributed by atoms with Crippen molar-refractivity contribution in [3.63, 3.8) is 0 Å². The van der Waals surface area contributed by atoms with Gasteiger partial charge in [0.2, 0.25) is 0 Å². The van der Waals surface area contributed by atoms with Gasteiger partial charge in [0.25, 0.3) is 0 Å². The minimum absolute atomic E-state index is 0.00463. The molecule has 17 heavy (non-hydrogen) atoms. The molecule has 4 nitrogen and oxygen atoms in total. The van der Waals surface area contributed by atoms with Crippen LogP contribution in [0.1, 0.15) is 19.4 Å². The van der Waals surface area contributed by atoms with Gasteiger partial charge < -0.3 is 4.74 Å². The van der Waals surface area contributed by atoms with Gasteiger partial charge >= 0.3 is 0 Å². The van der Waals surface area contributed by atoms with Gasteiger partial charge in [-0.15, -0.1) is 0 Å². The maximum absolute atomic E-state index is 11.5. The van der Waals surface area contributed by atoms with E-state index >= 15 is 0 Å². The molecular weight excluding hydrogens is 238 g/mol. The van der Waals surface area contributed by atoms with Crippen LogP contribution in [0.3, 0.4) is 0 Å². The molecule has 0 radical (unpaired) electrons. The van der Waals surface area contributed by atoms with Crippen LogP contribution < -0.4 is 4.74 Å². The van der Waals surface area contributed by atoms with E-state index in [0.29, 0.717) is 11.3 Å². The van der Waals surface area contributed by atoms with Gasteiger partial charge in [-0.05, 0) is 38.1 Å². The van der Waals surface area contributed by atoms with Crippen LogP contribution in [0.4, 0.5) is 0 Å². The van der Waals surface area contributed by atoms with E-state index in [2.05, 4.69) is 0 Å². The van der Waals surface area contributed by atoms with Crippen molar-refractivity contribution in [2.75, 3.05) is 12.4 Å². The summed E-state index contributed by atoms with van der Waals surface area (Å²) in [5.74, 6) is 0.577. The molecule has 0 aliphatic heterocycles. The van der Waals surface area contributed by atoms with Crippen LogP contribution in [0.2, 0.25) is 0 Å². The summed E-state index contributed by atoms with van der Waals surface area (Å²) in [6, 6.07) is 8.57. The summed E-state index contributed by atoms with van der Waals surface area (Å²) < 4.78 is 28.3. The Hall–Kier alpha value is -1.54. The fraction of sp³-hybridized carbons (Fsp3) is 0.417. The third kappa shape index (κ3) is 4.08. The van der Waals surface area contributed by atoms with E-state index < -0.39 is 9.84 Å². The smallest absolute Gasteiger partial charge is 0.155 e. The molecule has 0 saturated carbocycles. The minimum Gasteiger partial charge on any atom is -0.493 e. The lowest BCUT2D eigenvalue weighted by Gasteiger charge is -2.09. The quantitative estimate of drug-likeness (QED) is 0.802. The zero-order chi connectivity index (χ0) is 12.9. The standard InChI is InChI=1S/C12H15NO3S/c1-10(2)17(14,15)8-7-16-12-5-3-11(9-13)4-6-12/h3-6,10H,7-8H2,1-2H3. The van der Waals surface area contributed by atoms with Gasteiger partial charge in [-0.25, -0.2) is 8.42 Å². The number of ether oxygens (including phenoxy) is 1. The van der Waals surface area contributed by atoms with E-state index in [-0.39, 0.29) is 17.6 Å². The maximum atomic E-state index is 11.5. The highest BCUT2D eigenvalue weighted by Crippen LogP contribution is 2.12. The second-order valence-corrected chi connectivity index (χ2v) is 6.58. The second-order valence-electron chi connectivity index (χ2n) is 3.90. The lowest BCUT2D eigenvalue weighted by atomic mass is 10.2. The summed E-state index contributed by atoms with van der Waals surface area (Å²) in [6.45, 7) is 3.43. The third-order valence-corrected chi connectivity index (χ3v) is 4.51. The Morgan fingerprint density at radius 1 is 1.29 bits per heavy atom. The van der Waals surface area contributed by atoms with Crippen molar-refractivity contribution in [1.82, 2.24) is 0 Å². The molecule has 92 valence electrons. The zero-order valence-electron chi connectivity index (χ0n) is 9.88. The number of hydrogen-bond acceptors (Lipinski definition) is 4. The van der Waals surface area contributed by atoms with Crippen LogP contribution in [0.15, 0.2) is 24.3 Å². The lowest BCUT2D eigenvalue weighted by Crippen LogP contribution is -2.21. The van der Waals surface area contributed by atoms with Crippen molar-refractivity contribution in [3.05, 3.63) is 29.8 Å². The summed E-state index contributed by atoms with van der Waals surface area (Å²) in [4.78, 5) is 0.